The summed E-state index contributed by atoms with van der Waals surface area (Å²) in [5.74, 6) is -0.620. The third-order valence-electron chi connectivity index (χ3n) is 9.03. The minimum absolute atomic E-state index is 0.136. The SMILES string of the molecule is Cc1ccc2c(c1)[C@@]1(NC(=S)[C@]3(C(=O)N(C(=O)OC(C)(C)C)c4cc(Cl)ccc43)C13CCCCC3)C(=O)N2C. The lowest BCUT2D eigenvalue weighted by Crippen LogP contribution is -2.62. The summed E-state index contributed by atoms with van der Waals surface area (Å²) in [5, 5.41) is 3.87. The molecule has 9 heteroatoms. The van der Waals surface area contributed by atoms with Crippen molar-refractivity contribution in [3.8, 4) is 0 Å². The summed E-state index contributed by atoms with van der Waals surface area (Å²) in [4.78, 5) is 46.1. The molecule has 2 aromatic carbocycles. The number of hydrogen-bond acceptors (Lipinski definition) is 5. The summed E-state index contributed by atoms with van der Waals surface area (Å²) in [5.41, 5.74) is -0.883. The van der Waals surface area contributed by atoms with E-state index in [2.05, 4.69) is 5.32 Å². The maximum atomic E-state index is 14.9. The largest absolute Gasteiger partial charge is 0.443 e. The number of likely N-dealkylation sites (N-methyl/N-ethyl adjacent to an activating group) is 1. The number of nitrogens with one attached hydrogen (secondary N) is 1. The highest BCUT2D eigenvalue weighted by Gasteiger charge is 2.81. The van der Waals surface area contributed by atoms with Gasteiger partial charge in [0.2, 0.25) is 0 Å². The normalized spacial score (nSPS) is 27.0. The van der Waals surface area contributed by atoms with Crippen molar-refractivity contribution in [3.63, 3.8) is 0 Å². The van der Waals surface area contributed by atoms with Crippen molar-refractivity contribution in [1.82, 2.24) is 5.32 Å². The molecule has 3 spiro atoms. The summed E-state index contributed by atoms with van der Waals surface area (Å²) >= 11 is 12.6. The van der Waals surface area contributed by atoms with Gasteiger partial charge in [-0.15, -0.1) is 0 Å². The second-order valence-corrected chi connectivity index (χ2v) is 13.1. The van der Waals surface area contributed by atoms with Gasteiger partial charge >= 0.3 is 6.09 Å². The van der Waals surface area contributed by atoms with Gasteiger partial charge in [-0.2, -0.15) is 0 Å². The first-order chi connectivity index (χ1) is 18.3. The van der Waals surface area contributed by atoms with Crippen molar-refractivity contribution in [2.75, 3.05) is 16.8 Å². The minimum atomic E-state index is -1.44. The summed E-state index contributed by atoms with van der Waals surface area (Å²) in [6.07, 6.45) is 3.03. The van der Waals surface area contributed by atoms with Gasteiger partial charge in [0.05, 0.1) is 10.7 Å². The van der Waals surface area contributed by atoms with E-state index in [1.807, 2.05) is 25.1 Å². The smallest absolute Gasteiger partial charge is 0.421 e. The Balaban J connectivity index is 1.68. The molecule has 2 aromatic rings. The van der Waals surface area contributed by atoms with Gasteiger partial charge < -0.3 is 15.0 Å². The quantitative estimate of drug-likeness (QED) is 0.399. The van der Waals surface area contributed by atoms with Crippen molar-refractivity contribution in [2.45, 2.75) is 76.4 Å². The van der Waals surface area contributed by atoms with Crippen LogP contribution in [0.4, 0.5) is 16.2 Å². The Bertz CT molecular complexity index is 1480. The molecule has 1 N–H and O–H groups in total. The van der Waals surface area contributed by atoms with Crippen LogP contribution in [0, 0.1) is 12.3 Å². The molecule has 7 nitrogen and oxygen atoms in total. The van der Waals surface area contributed by atoms with Crippen molar-refractivity contribution in [3.05, 3.63) is 58.1 Å². The van der Waals surface area contributed by atoms with E-state index >= 15 is 0 Å². The van der Waals surface area contributed by atoms with E-state index in [1.54, 1.807) is 50.9 Å². The lowest BCUT2D eigenvalue weighted by Gasteiger charge is -2.50. The summed E-state index contributed by atoms with van der Waals surface area (Å²) in [6, 6.07) is 11.1. The summed E-state index contributed by atoms with van der Waals surface area (Å²) < 4.78 is 5.71. The standard InChI is InChI=1S/C30H32ClN3O4S/c1-17-9-12-21-20(15-17)30(25(36)33(21)5)28(13-7-6-8-14-28)29(23(39)32-30)19-11-10-18(31)16-22(19)34(24(29)35)26(37)38-27(2,3)4/h9-12,15-16H,6-8,13-14H2,1-5H3,(H,32,39)/t29-,30-/m1/s1. The number of nitrogens with zero attached hydrogens (tertiary/aromatic N) is 2. The highest BCUT2D eigenvalue weighted by atomic mass is 35.5. The number of hydrogen-bond donors (Lipinski definition) is 1. The number of thiocarbonyl (C=S) groups is 1. The average Bonchev–Trinajstić information content (AvgIpc) is 3.33. The number of carbonyl (C=O) groups is 3. The Kier molecular flexibility index (Phi) is 5.57. The van der Waals surface area contributed by atoms with Gasteiger partial charge in [0, 0.05) is 28.7 Å². The van der Waals surface area contributed by atoms with Crippen LogP contribution in [0.25, 0.3) is 0 Å². The molecule has 3 heterocycles. The first-order valence-electron chi connectivity index (χ1n) is 13.4. The van der Waals surface area contributed by atoms with Gasteiger partial charge in [-0.3, -0.25) is 9.59 Å². The molecular weight excluding hydrogens is 534 g/mol. The highest BCUT2D eigenvalue weighted by Crippen LogP contribution is 2.70. The molecule has 1 saturated carbocycles. The van der Waals surface area contributed by atoms with E-state index in [1.165, 1.54) is 0 Å². The predicted molar refractivity (Wildman–Crippen MR) is 154 cm³/mol. The van der Waals surface area contributed by atoms with Crippen LogP contribution in [0.15, 0.2) is 36.4 Å². The van der Waals surface area contributed by atoms with Gasteiger partial charge in [0.25, 0.3) is 11.8 Å². The molecule has 0 aromatic heterocycles. The first-order valence-corrected chi connectivity index (χ1v) is 14.2. The fourth-order valence-corrected chi connectivity index (χ4v) is 8.37. The number of anilines is 2. The van der Waals surface area contributed by atoms with Crippen LogP contribution >= 0.6 is 23.8 Å². The second kappa shape index (κ2) is 8.27. The predicted octanol–water partition coefficient (Wildman–Crippen LogP) is 5.92. The summed E-state index contributed by atoms with van der Waals surface area (Å²) in [6.45, 7) is 7.26. The highest BCUT2D eigenvalue weighted by molar-refractivity contribution is 7.80. The molecule has 4 aliphatic rings. The fraction of sp³-hybridized carbons (Fsp3) is 0.467. The van der Waals surface area contributed by atoms with E-state index < -0.39 is 34.0 Å². The Labute approximate surface area is 238 Å². The number of ether oxygens (including phenoxy) is 1. The molecule has 0 bridgehead atoms. The van der Waals surface area contributed by atoms with Gasteiger partial charge in [-0.05, 0) is 64.3 Å². The van der Waals surface area contributed by atoms with E-state index in [4.69, 9.17) is 28.6 Å². The van der Waals surface area contributed by atoms with Crippen LogP contribution < -0.4 is 15.1 Å². The van der Waals surface area contributed by atoms with Crippen molar-refractivity contribution in [1.29, 1.82) is 0 Å². The molecule has 2 fully saturated rings. The number of aryl methyl sites for hydroxylation is 1. The van der Waals surface area contributed by atoms with Crippen LogP contribution in [0.2, 0.25) is 5.02 Å². The number of rotatable bonds is 0. The fourth-order valence-electron chi connectivity index (χ4n) is 7.66. The first kappa shape index (κ1) is 26.3. The number of carbonyl (C=O) groups excluding carboxylic acids is 3. The molecule has 0 unspecified atom stereocenters. The van der Waals surface area contributed by atoms with Gasteiger partial charge in [0.1, 0.15) is 11.0 Å². The third kappa shape index (κ3) is 3.10. The Morgan fingerprint density at radius 2 is 1.69 bits per heavy atom. The third-order valence-corrected chi connectivity index (χ3v) is 9.68. The van der Waals surface area contributed by atoms with Crippen molar-refractivity contribution in [2.24, 2.45) is 5.41 Å². The molecule has 3 aliphatic heterocycles. The molecule has 1 aliphatic carbocycles. The molecule has 0 radical (unpaired) electrons. The molecule has 39 heavy (non-hydrogen) atoms. The van der Waals surface area contributed by atoms with Gasteiger partial charge in [-0.25, -0.2) is 9.69 Å². The Morgan fingerprint density at radius 1 is 1.00 bits per heavy atom. The molecular formula is C30H32ClN3O4S. The topological polar surface area (TPSA) is 79.0 Å². The number of halogens is 1. The van der Waals surface area contributed by atoms with Crippen LogP contribution in [0.5, 0.6) is 0 Å². The molecule has 3 amide bonds. The number of benzene rings is 2. The lowest BCUT2D eigenvalue weighted by atomic mass is 9.49. The van der Waals surface area contributed by atoms with Gasteiger partial charge in [0.15, 0.2) is 5.54 Å². The zero-order valence-electron chi connectivity index (χ0n) is 22.8. The zero-order valence-corrected chi connectivity index (χ0v) is 24.4. The lowest BCUT2D eigenvalue weighted by molar-refractivity contribution is -0.135. The van der Waals surface area contributed by atoms with E-state index in [0.717, 1.165) is 41.0 Å². The zero-order chi connectivity index (χ0) is 28.1. The van der Waals surface area contributed by atoms with E-state index in [-0.39, 0.29) is 10.9 Å². The molecule has 2 atom stereocenters. The number of imide groups is 1. The van der Waals surface area contributed by atoms with E-state index in [9.17, 15) is 14.4 Å². The molecule has 1 saturated heterocycles. The number of amides is 3. The van der Waals surface area contributed by atoms with Crippen LogP contribution in [-0.4, -0.2) is 35.5 Å². The second-order valence-electron chi connectivity index (χ2n) is 12.3. The van der Waals surface area contributed by atoms with Crippen molar-refractivity contribution >= 4 is 58.1 Å². The monoisotopic (exact) mass is 565 g/mol. The maximum absolute atomic E-state index is 14.9. The maximum Gasteiger partial charge on any atom is 0.421 e. The summed E-state index contributed by atoms with van der Waals surface area (Å²) in [7, 11) is 1.77. The van der Waals surface area contributed by atoms with Crippen LogP contribution in [0.3, 0.4) is 0 Å². The van der Waals surface area contributed by atoms with Gasteiger partial charge in [-0.1, -0.05) is 66.8 Å². The number of fused-ring (bicyclic) bond motifs is 6. The van der Waals surface area contributed by atoms with E-state index in [0.29, 0.717) is 29.1 Å². The Morgan fingerprint density at radius 3 is 2.36 bits per heavy atom. The van der Waals surface area contributed by atoms with Crippen LogP contribution in [-0.2, 0) is 25.3 Å². The average molecular weight is 566 g/mol. The van der Waals surface area contributed by atoms with Crippen LogP contribution in [0.1, 0.15) is 69.6 Å². The molecule has 204 valence electrons. The minimum Gasteiger partial charge on any atom is -0.443 e. The molecule has 6 rings (SSSR count). The van der Waals surface area contributed by atoms with Crippen molar-refractivity contribution < 1.29 is 19.1 Å². The Hall–Kier alpha value is -2.97.